The molecule has 0 unspecified atom stereocenters. The molecule has 0 radical (unpaired) electrons. The van der Waals surface area contributed by atoms with Gasteiger partial charge in [-0.2, -0.15) is 0 Å². The Hall–Kier alpha value is -5.22. The third-order valence-electron chi connectivity index (χ3n) is 8.40. The van der Waals surface area contributed by atoms with Crippen LogP contribution in [0.5, 0.6) is 0 Å². The molecule has 4 nitrogen and oxygen atoms in total. The van der Waals surface area contributed by atoms with Gasteiger partial charge in [0.2, 0.25) is 5.71 Å². The number of hydrogen-bond donors (Lipinski definition) is 0. The minimum absolute atomic E-state index is 0.409. The zero-order valence-corrected chi connectivity index (χ0v) is 20.9. The first kappa shape index (κ1) is 20.8. The fourth-order valence-electron chi connectivity index (χ4n) is 6.96. The Kier molecular flexibility index (Phi) is 3.96. The van der Waals surface area contributed by atoms with E-state index < -0.39 is 5.41 Å². The second-order valence-corrected chi connectivity index (χ2v) is 10.2. The van der Waals surface area contributed by atoms with E-state index in [0.717, 1.165) is 33.5 Å². The first-order chi connectivity index (χ1) is 19.4. The number of para-hydroxylation sites is 2. The van der Waals surface area contributed by atoms with E-state index in [0.29, 0.717) is 5.71 Å². The second kappa shape index (κ2) is 7.42. The Labute approximate surface area is 224 Å². The summed E-state index contributed by atoms with van der Waals surface area (Å²) in [4.78, 5) is 11.3. The second-order valence-electron chi connectivity index (χ2n) is 10.2. The van der Waals surface area contributed by atoms with Gasteiger partial charge in [0.05, 0.1) is 16.8 Å². The minimum Gasteiger partial charge on any atom is -0.436 e. The highest BCUT2D eigenvalue weighted by Gasteiger charge is 2.51. The molecule has 5 aromatic carbocycles. The molecule has 2 aromatic heterocycles. The number of aromatic nitrogens is 2. The topological polar surface area (TPSA) is 42.2 Å². The van der Waals surface area contributed by atoms with Gasteiger partial charge in [-0.3, -0.25) is 0 Å². The fourth-order valence-corrected chi connectivity index (χ4v) is 6.96. The molecule has 0 N–H and O–H groups in total. The maximum atomic E-state index is 6.15. The highest BCUT2D eigenvalue weighted by atomic mass is 16.3. The Morgan fingerprint density at radius 1 is 0.564 bits per heavy atom. The molecule has 1 aliphatic carbocycles. The number of fused-ring (bicyclic) bond motifs is 12. The van der Waals surface area contributed by atoms with Crippen LogP contribution in [0, 0.1) is 0 Å². The van der Waals surface area contributed by atoms with E-state index >= 15 is 0 Å². The van der Waals surface area contributed by atoms with Crippen molar-refractivity contribution >= 4 is 39.3 Å². The lowest BCUT2D eigenvalue weighted by molar-refractivity contribution is 0.653. The molecule has 9 rings (SSSR count). The molecule has 0 saturated heterocycles. The normalized spacial score (nSPS) is 14.3. The predicted octanol–water partition coefficient (Wildman–Crippen LogP) is 8.52. The van der Waals surface area contributed by atoms with E-state index in [1.807, 2.05) is 0 Å². The predicted molar refractivity (Wildman–Crippen MR) is 155 cm³/mol. The molecule has 0 bridgehead atoms. The Balaban J connectivity index is 1.38. The van der Waals surface area contributed by atoms with Gasteiger partial charge < -0.3 is 9.32 Å². The Bertz CT molecular complexity index is 2010. The van der Waals surface area contributed by atoms with Crippen molar-refractivity contribution in [2.75, 3.05) is 4.90 Å². The number of furan rings is 1. The smallest absolute Gasteiger partial charge is 0.246 e. The number of nitrogens with zero attached hydrogens (tertiary/aromatic N) is 3. The van der Waals surface area contributed by atoms with Gasteiger partial charge in [-0.15, -0.1) is 0 Å². The SMILES string of the molecule is c1ccc2c(c1)-c1ccccc1C21c2ccccc2N(c2ccc3c(c2)oc2nccnc23)c2ccccc21. The van der Waals surface area contributed by atoms with Crippen molar-refractivity contribution in [1.82, 2.24) is 9.97 Å². The van der Waals surface area contributed by atoms with Crippen molar-refractivity contribution in [2.24, 2.45) is 0 Å². The van der Waals surface area contributed by atoms with Gasteiger partial charge in [0.1, 0.15) is 11.1 Å². The van der Waals surface area contributed by atoms with E-state index in [2.05, 4.69) is 130 Å². The van der Waals surface area contributed by atoms with Crippen LogP contribution in [0.2, 0.25) is 0 Å². The van der Waals surface area contributed by atoms with E-state index in [1.165, 1.54) is 33.4 Å². The molecule has 182 valence electrons. The molecule has 0 atom stereocenters. The lowest BCUT2D eigenvalue weighted by Gasteiger charge is -2.45. The summed E-state index contributed by atoms with van der Waals surface area (Å²) in [6, 6.07) is 41.8. The van der Waals surface area contributed by atoms with Gasteiger partial charge in [0.15, 0.2) is 0 Å². The van der Waals surface area contributed by atoms with Crippen LogP contribution in [0.25, 0.3) is 33.3 Å². The van der Waals surface area contributed by atoms with Crippen molar-refractivity contribution in [1.29, 1.82) is 0 Å². The highest BCUT2D eigenvalue weighted by Crippen LogP contribution is 2.63. The summed E-state index contributed by atoms with van der Waals surface area (Å²) in [5.41, 5.74) is 12.9. The van der Waals surface area contributed by atoms with Crippen molar-refractivity contribution in [3.63, 3.8) is 0 Å². The van der Waals surface area contributed by atoms with Gasteiger partial charge in [0, 0.05) is 29.5 Å². The minimum atomic E-state index is -0.409. The first-order valence-electron chi connectivity index (χ1n) is 13.2. The molecule has 0 saturated carbocycles. The van der Waals surface area contributed by atoms with E-state index in [9.17, 15) is 0 Å². The van der Waals surface area contributed by atoms with Crippen molar-refractivity contribution in [3.05, 3.63) is 150 Å². The van der Waals surface area contributed by atoms with Crippen LogP contribution in [-0.4, -0.2) is 9.97 Å². The number of hydrogen-bond acceptors (Lipinski definition) is 4. The third kappa shape index (κ3) is 2.53. The van der Waals surface area contributed by atoms with Gasteiger partial charge in [0.25, 0.3) is 0 Å². The maximum Gasteiger partial charge on any atom is 0.246 e. The summed E-state index contributed by atoms with van der Waals surface area (Å²) in [6.45, 7) is 0. The van der Waals surface area contributed by atoms with Crippen LogP contribution in [0.3, 0.4) is 0 Å². The largest absolute Gasteiger partial charge is 0.436 e. The first-order valence-corrected chi connectivity index (χ1v) is 13.2. The van der Waals surface area contributed by atoms with E-state index in [-0.39, 0.29) is 0 Å². The summed E-state index contributed by atoms with van der Waals surface area (Å²) in [7, 11) is 0. The van der Waals surface area contributed by atoms with Crippen LogP contribution >= 0.6 is 0 Å². The molecular formula is C35H21N3O. The molecule has 3 heterocycles. The third-order valence-corrected chi connectivity index (χ3v) is 8.40. The number of benzene rings is 5. The van der Waals surface area contributed by atoms with Crippen molar-refractivity contribution in [2.45, 2.75) is 5.41 Å². The average molecular weight is 500 g/mol. The molecule has 39 heavy (non-hydrogen) atoms. The van der Waals surface area contributed by atoms with Gasteiger partial charge in [-0.1, -0.05) is 84.9 Å². The van der Waals surface area contributed by atoms with Crippen LogP contribution in [-0.2, 0) is 5.41 Å². The van der Waals surface area contributed by atoms with Gasteiger partial charge in [-0.25, -0.2) is 9.97 Å². The molecular weight excluding hydrogens is 478 g/mol. The van der Waals surface area contributed by atoms with Gasteiger partial charge >= 0.3 is 0 Å². The highest BCUT2D eigenvalue weighted by molar-refractivity contribution is 6.03. The molecule has 1 spiro atoms. The standard InChI is InChI=1S/C35H21N3O/c1-3-11-26-23(9-1)24-10-2-4-12-27(24)35(26)28-13-5-7-15-30(28)38(31-16-8-6-14-29(31)35)22-17-18-25-32(21-22)39-34-33(25)36-19-20-37-34/h1-21H. The summed E-state index contributed by atoms with van der Waals surface area (Å²) < 4.78 is 6.15. The van der Waals surface area contributed by atoms with Crippen LogP contribution in [0.1, 0.15) is 22.3 Å². The molecule has 2 aliphatic rings. The van der Waals surface area contributed by atoms with Crippen LogP contribution in [0.4, 0.5) is 17.1 Å². The quantitative estimate of drug-likeness (QED) is 0.227. The number of rotatable bonds is 1. The summed E-state index contributed by atoms with van der Waals surface area (Å²) >= 11 is 0. The molecule has 7 aromatic rings. The van der Waals surface area contributed by atoms with E-state index in [1.54, 1.807) is 12.4 Å². The van der Waals surface area contributed by atoms with Crippen LogP contribution in [0.15, 0.2) is 132 Å². The summed E-state index contributed by atoms with van der Waals surface area (Å²) in [6.07, 6.45) is 3.37. The van der Waals surface area contributed by atoms with Gasteiger partial charge in [-0.05, 0) is 57.6 Å². The summed E-state index contributed by atoms with van der Waals surface area (Å²) in [5, 5.41) is 0.968. The molecule has 0 fully saturated rings. The zero-order valence-electron chi connectivity index (χ0n) is 20.9. The zero-order chi connectivity index (χ0) is 25.6. The summed E-state index contributed by atoms with van der Waals surface area (Å²) in [5.74, 6) is 0. The van der Waals surface area contributed by atoms with Crippen molar-refractivity contribution in [3.8, 4) is 11.1 Å². The fraction of sp³-hybridized carbons (Fsp3) is 0.0286. The van der Waals surface area contributed by atoms with Crippen LogP contribution < -0.4 is 4.90 Å². The molecule has 0 amide bonds. The maximum absolute atomic E-state index is 6.15. The lowest BCUT2D eigenvalue weighted by atomic mass is 9.64. The molecule has 4 heteroatoms. The Morgan fingerprint density at radius 3 is 1.79 bits per heavy atom. The average Bonchev–Trinajstić information content (AvgIpc) is 3.51. The van der Waals surface area contributed by atoms with Crippen molar-refractivity contribution < 1.29 is 4.42 Å². The number of anilines is 3. The molecule has 1 aliphatic heterocycles. The van der Waals surface area contributed by atoms with E-state index in [4.69, 9.17) is 4.42 Å². The lowest BCUT2D eigenvalue weighted by Crippen LogP contribution is -2.36. The Morgan fingerprint density at radius 2 is 1.13 bits per heavy atom. The monoisotopic (exact) mass is 499 g/mol.